The maximum Gasteiger partial charge on any atom is 0.311 e. The van der Waals surface area contributed by atoms with Gasteiger partial charge in [-0.15, -0.1) is 12.4 Å². The number of nitro benzene ring substituents is 1. The molecule has 0 saturated carbocycles. The van der Waals surface area contributed by atoms with Crippen molar-refractivity contribution in [2.45, 2.75) is 26.2 Å². The number of rotatable bonds is 9. The highest BCUT2D eigenvalue weighted by Gasteiger charge is 2.20. The second-order valence-electron chi connectivity index (χ2n) is 8.94. The average molecular weight is 535 g/mol. The van der Waals surface area contributed by atoms with Crippen LogP contribution in [0.4, 0.5) is 5.69 Å². The van der Waals surface area contributed by atoms with E-state index in [9.17, 15) is 24.8 Å². The number of hydrogen-bond acceptors (Lipinski definition) is 6. The first kappa shape index (κ1) is 28.1. The van der Waals surface area contributed by atoms with Crippen LogP contribution in [-0.4, -0.2) is 28.3 Å². The van der Waals surface area contributed by atoms with Crippen molar-refractivity contribution in [1.29, 1.82) is 0 Å². The van der Waals surface area contributed by atoms with Crippen LogP contribution in [0.15, 0.2) is 83.5 Å². The van der Waals surface area contributed by atoms with E-state index in [1.165, 1.54) is 29.0 Å². The number of furan rings is 1. The van der Waals surface area contributed by atoms with Crippen molar-refractivity contribution in [3.05, 3.63) is 117 Å². The first-order chi connectivity index (χ1) is 17.7. The van der Waals surface area contributed by atoms with Crippen molar-refractivity contribution in [2.24, 2.45) is 0 Å². The molecule has 2 N–H and O–H groups in total. The summed E-state index contributed by atoms with van der Waals surface area (Å²) in [6, 6.07) is 21.4. The molecule has 0 aliphatic carbocycles. The third-order valence-electron chi connectivity index (χ3n) is 6.22. The molecule has 38 heavy (non-hydrogen) atoms. The number of halogens is 1. The molecule has 0 saturated heterocycles. The normalized spacial score (nSPS) is 11.3. The second kappa shape index (κ2) is 12.2. The summed E-state index contributed by atoms with van der Waals surface area (Å²) in [6.45, 7) is 3.90. The molecule has 1 aromatic heterocycles. The van der Waals surface area contributed by atoms with Crippen LogP contribution < -0.4 is 5.32 Å². The Labute approximate surface area is 225 Å². The monoisotopic (exact) mass is 534 g/mol. The fourth-order valence-corrected chi connectivity index (χ4v) is 4.09. The molecular weight excluding hydrogens is 508 g/mol. The van der Waals surface area contributed by atoms with Gasteiger partial charge in [0.05, 0.1) is 17.7 Å². The number of carbonyl (C=O) groups excluding carboxylic acids is 2. The molecule has 0 fully saturated rings. The number of nitro groups is 1. The number of nitrogens with zero attached hydrogens (tertiary/aromatic N) is 1. The molecule has 1 amide bonds. The van der Waals surface area contributed by atoms with Gasteiger partial charge in [0.25, 0.3) is 5.91 Å². The lowest BCUT2D eigenvalue weighted by atomic mass is 9.92. The van der Waals surface area contributed by atoms with E-state index >= 15 is 0 Å². The Balaban J connectivity index is 0.00000400. The lowest BCUT2D eigenvalue weighted by molar-refractivity contribution is -0.385. The van der Waals surface area contributed by atoms with Crippen molar-refractivity contribution < 1.29 is 24.0 Å². The van der Waals surface area contributed by atoms with Gasteiger partial charge in [-0.1, -0.05) is 61.0 Å². The molecule has 0 spiro atoms. The molecule has 0 bridgehead atoms. The Bertz CT molecular complexity index is 1440. The Morgan fingerprint density at radius 3 is 2.37 bits per heavy atom. The van der Waals surface area contributed by atoms with Crippen LogP contribution in [0, 0.1) is 17.0 Å². The Kier molecular flexibility index (Phi) is 9.04. The summed E-state index contributed by atoms with van der Waals surface area (Å²) in [5.74, 6) is -1.21. The van der Waals surface area contributed by atoms with Gasteiger partial charge < -0.3 is 14.8 Å². The highest BCUT2D eigenvalue weighted by molar-refractivity contribution is 6.04. The number of carbonyl (C=O) groups is 2. The summed E-state index contributed by atoms with van der Waals surface area (Å²) >= 11 is 0. The van der Waals surface area contributed by atoms with Crippen LogP contribution in [0.25, 0.3) is 11.1 Å². The van der Waals surface area contributed by atoms with E-state index in [2.05, 4.69) is 43.4 Å². The van der Waals surface area contributed by atoms with E-state index in [4.69, 9.17) is 4.42 Å². The largest absolute Gasteiger partial charge is 0.502 e. The first-order valence-corrected chi connectivity index (χ1v) is 11.7. The van der Waals surface area contributed by atoms with Crippen LogP contribution in [0.1, 0.15) is 50.4 Å². The molecule has 0 aliphatic heterocycles. The third kappa shape index (κ3) is 6.46. The number of phenols is 1. The zero-order valence-electron chi connectivity index (χ0n) is 20.8. The number of aryl methyl sites for hydroxylation is 1. The molecule has 9 heteroatoms. The zero-order chi connectivity index (χ0) is 26.5. The molecule has 1 heterocycles. The fourth-order valence-electron chi connectivity index (χ4n) is 4.09. The summed E-state index contributed by atoms with van der Waals surface area (Å²) in [5, 5.41) is 23.0. The van der Waals surface area contributed by atoms with Crippen molar-refractivity contribution in [1.82, 2.24) is 5.32 Å². The van der Waals surface area contributed by atoms with Crippen molar-refractivity contribution in [3.63, 3.8) is 0 Å². The molecule has 8 nitrogen and oxygen atoms in total. The average Bonchev–Trinajstić information content (AvgIpc) is 3.38. The minimum Gasteiger partial charge on any atom is -0.502 e. The predicted molar refractivity (Wildman–Crippen MR) is 146 cm³/mol. The van der Waals surface area contributed by atoms with Crippen LogP contribution in [0.5, 0.6) is 5.75 Å². The number of aromatic hydroxyl groups is 1. The van der Waals surface area contributed by atoms with Crippen LogP contribution in [0.2, 0.25) is 0 Å². The summed E-state index contributed by atoms with van der Waals surface area (Å²) < 4.78 is 5.42. The molecule has 4 rings (SSSR count). The van der Waals surface area contributed by atoms with Crippen LogP contribution in [-0.2, 0) is 6.42 Å². The van der Waals surface area contributed by atoms with E-state index < -0.39 is 28.1 Å². The molecule has 1 atom stereocenters. The topological polar surface area (TPSA) is 123 Å². The summed E-state index contributed by atoms with van der Waals surface area (Å²) in [5.41, 5.74) is 4.46. The molecular formula is C29H27ClN2O6. The van der Waals surface area contributed by atoms with E-state index in [0.29, 0.717) is 11.5 Å². The highest BCUT2D eigenvalue weighted by Crippen LogP contribution is 2.28. The van der Waals surface area contributed by atoms with Gasteiger partial charge in [0.15, 0.2) is 11.5 Å². The fraction of sp³-hybridized carbons (Fsp3) is 0.172. The lowest BCUT2D eigenvalue weighted by Crippen LogP contribution is -2.29. The van der Waals surface area contributed by atoms with Gasteiger partial charge in [-0.25, -0.2) is 0 Å². The smallest absolute Gasteiger partial charge is 0.311 e. The van der Waals surface area contributed by atoms with Crippen molar-refractivity contribution in [3.8, 4) is 16.9 Å². The SMILES string of the molecule is Cc1ccc(C(C)Cc2ccc(-c3ccoc3C(=O)CNC(=O)c3ccc(O)c([N+](=O)[O-])c3)cc2)cc1.Cl. The molecule has 0 aliphatic rings. The number of phenolic OH excluding ortho intramolecular Hbond substituents is 1. The third-order valence-corrected chi connectivity index (χ3v) is 6.22. The second-order valence-corrected chi connectivity index (χ2v) is 8.94. The van der Waals surface area contributed by atoms with Crippen molar-refractivity contribution >= 4 is 29.8 Å². The molecule has 3 aromatic carbocycles. The van der Waals surface area contributed by atoms with Gasteiger partial charge in [0.2, 0.25) is 5.78 Å². The molecule has 196 valence electrons. The number of nitrogens with one attached hydrogen (secondary N) is 1. The summed E-state index contributed by atoms with van der Waals surface area (Å²) in [7, 11) is 0. The summed E-state index contributed by atoms with van der Waals surface area (Å²) in [6.07, 6.45) is 2.29. The number of amides is 1. The van der Waals surface area contributed by atoms with Crippen LogP contribution >= 0.6 is 12.4 Å². The maximum absolute atomic E-state index is 12.8. The minimum absolute atomic E-state index is 0. The van der Waals surface area contributed by atoms with E-state index in [1.54, 1.807) is 6.07 Å². The Morgan fingerprint density at radius 1 is 1.03 bits per heavy atom. The van der Waals surface area contributed by atoms with E-state index in [-0.39, 0.29) is 30.3 Å². The number of benzene rings is 3. The van der Waals surface area contributed by atoms with Gasteiger partial charge in [-0.2, -0.15) is 0 Å². The van der Waals surface area contributed by atoms with Gasteiger partial charge in [-0.05, 0) is 54.2 Å². The first-order valence-electron chi connectivity index (χ1n) is 11.7. The van der Waals surface area contributed by atoms with Gasteiger partial charge in [0.1, 0.15) is 0 Å². The molecule has 1 unspecified atom stereocenters. The molecule has 0 radical (unpaired) electrons. The quantitative estimate of drug-likeness (QED) is 0.149. The summed E-state index contributed by atoms with van der Waals surface area (Å²) in [4.78, 5) is 35.4. The van der Waals surface area contributed by atoms with Gasteiger partial charge >= 0.3 is 5.69 Å². The predicted octanol–water partition coefficient (Wildman–Crippen LogP) is 6.25. The van der Waals surface area contributed by atoms with Crippen LogP contribution in [0.3, 0.4) is 0 Å². The van der Waals surface area contributed by atoms with Gasteiger partial charge in [-0.3, -0.25) is 19.7 Å². The van der Waals surface area contributed by atoms with E-state index in [0.717, 1.165) is 24.1 Å². The number of Topliss-reactive ketones (excluding diaryl/α,β-unsaturated/α-hetero) is 1. The van der Waals surface area contributed by atoms with Gasteiger partial charge in [0, 0.05) is 17.2 Å². The number of hydrogen-bond donors (Lipinski definition) is 2. The highest BCUT2D eigenvalue weighted by atomic mass is 35.5. The minimum atomic E-state index is -0.791. The Morgan fingerprint density at radius 2 is 1.71 bits per heavy atom. The standard InChI is InChI=1S/C29H26N2O6.ClH/c1-18-3-7-21(8-4-18)19(2)15-20-5-9-22(10-6-20)24-13-14-37-28(24)27(33)17-30-29(34)23-11-12-26(32)25(16-23)31(35)36;/h3-14,16,19,32H,15,17H2,1-2H3,(H,30,34);1H. The van der Waals surface area contributed by atoms with E-state index in [1.807, 2.05) is 24.3 Å². The Hall–Kier alpha value is -4.43. The maximum atomic E-state index is 12.8. The van der Waals surface area contributed by atoms with Crippen molar-refractivity contribution in [2.75, 3.05) is 6.54 Å². The zero-order valence-corrected chi connectivity index (χ0v) is 21.7. The number of ketones is 1. The lowest BCUT2D eigenvalue weighted by Gasteiger charge is -2.13. The molecule has 4 aromatic rings.